The molecule has 0 spiro atoms. The van der Waals surface area contributed by atoms with Gasteiger partial charge in [-0.1, -0.05) is 0 Å². The van der Waals surface area contributed by atoms with Crippen LogP contribution >= 0.6 is 0 Å². The Morgan fingerprint density at radius 1 is 1.80 bits per heavy atom. The van der Waals surface area contributed by atoms with Crippen molar-refractivity contribution < 1.29 is 8.78 Å². The summed E-state index contributed by atoms with van der Waals surface area (Å²) in [5.41, 5.74) is 0. The Kier molecular flexibility index (Phi) is 2.19. The molecule has 0 saturated heterocycles. The summed E-state index contributed by atoms with van der Waals surface area (Å²) in [4.78, 5) is 5.41. The van der Waals surface area contributed by atoms with Crippen molar-refractivity contribution in [2.75, 3.05) is 13.1 Å². The lowest BCUT2D eigenvalue weighted by molar-refractivity contribution is 0.114. The van der Waals surface area contributed by atoms with E-state index in [4.69, 9.17) is 0 Å². The number of alkyl halides is 2. The van der Waals surface area contributed by atoms with Gasteiger partial charge in [0.1, 0.15) is 6.04 Å². The second-order valence-corrected chi connectivity index (χ2v) is 2.25. The summed E-state index contributed by atoms with van der Waals surface area (Å²) in [5, 5.41) is 0. The summed E-state index contributed by atoms with van der Waals surface area (Å²) < 4.78 is 23.8. The Morgan fingerprint density at radius 2 is 2.50 bits per heavy atom. The first-order chi connectivity index (χ1) is 4.74. The molecule has 0 aromatic heterocycles. The minimum Gasteiger partial charge on any atom is -0.361 e. The Bertz CT molecular complexity index is 136. The Hall–Kier alpha value is -0.670. The van der Waals surface area contributed by atoms with Crippen molar-refractivity contribution in [2.24, 2.45) is 4.99 Å². The molecule has 1 heterocycles. The number of rotatable bonds is 2. The smallest absolute Gasteiger partial charge is 0.262 e. The third-order valence-electron chi connectivity index (χ3n) is 1.54. The molecule has 2 nitrogen and oxygen atoms in total. The molecule has 1 atom stereocenters. The molecule has 0 aliphatic carbocycles. The topological polar surface area (TPSA) is 15.6 Å². The Morgan fingerprint density at radius 3 is 2.80 bits per heavy atom. The number of aliphatic imine (C=N–C) groups is 1. The molecule has 10 heavy (non-hydrogen) atoms. The van der Waals surface area contributed by atoms with E-state index in [1.54, 1.807) is 4.90 Å². The Labute approximate surface area is 58.5 Å². The van der Waals surface area contributed by atoms with E-state index in [0.717, 1.165) is 6.54 Å². The largest absolute Gasteiger partial charge is 0.361 e. The van der Waals surface area contributed by atoms with Crippen molar-refractivity contribution in [3.05, 3.63) is 0 Å². The highest BCUT2D eigenvalue weighted by Gasteiger charge is 2.24. The molecule has 1 aliphatic heterocycles. The molecule has 0 N–H and O–H groups in total. The molecule has 1 rings (SSSR count). The average Bonchev–Trinajstić information content (AvgIpc) is 2.34. The van der Waals surface area contributed by atoms with Gasteiger partial charge in [-0.05, 0) is 6.92 Å². The number of halogens is 2. The van der Waals surface area contributed by atoms with Gasteiger partial charge >= 0.3 is 0 Å². The first kappa shape index (κ1) is 7.44. The van der Waals surface area contributed by atoms with Crippen molar-refractivity contribution >= 4 is 6.34 Å². The van der Waals surface area contributed by atoms with E-state index >= 15 is 0 Å². The van der Waals surface area contributed by atoms with Crippen molar-refractivity contribution in [3.8, 4) is 0 Å². The molecule has 4 heteroatoms. The van der Waals surface area contributed by atoms with Gasteiger partial charge in [-0.25, -0.2) is 8.78 Å². The minimum absolute atomic E-state index is 0.369. The van der Waals surface area contributed by atoms with Gasteiger partial charge in [-0.2, -0.15) is 0 Å². The van der Waals surface area contributed by atoms with E-state index in [1.165, 1.54) is 6.34 Å². The highest BCUT2D eigenvalue weighted by molar-refractivity contribution is 5.57. The van der Waals surface area contributed by atoms with Crippen LogP contribution in [0.25, 0.3) is 0 Å². The first-order valence-corrected chi connectivity index (χ1v) is 3.29. The molecule has 1 unspecified atom stereocenters. The lowest BCUT2D eigenvalue weighted by atomic mass is 10.3. The molecule has 0 saturated carbocycles. The number of hydrogen-bond donors (Lipinski definition) is 0. The Balaban J connectivity index is 2.37. The average molecular weight is 148 g/mol. The molecule has 0 radical (unpaired) electrons. The van der Waals surface area contributed by atoms with E-state index < -0.39 is 12.5 Å². The summed E-state index contributed by atoms with van der Waals surface area (Å²) in [7, 11) is 0. The molecule has 1 aliphatic rings. The number of likely N-dealkylation sites (N-methyl/N-ethyl adjacent to an activating group) is 1. The summed E-state index contributed by atoms with van der Waals surface area (Å²) in [6.07, 6.45) is -0.815. The zero-order valence-electron chi connectivity index (χ0n) is 5.80. The third-order valence-corrected chi connectivity index (χ3v) is 1.54. The van der Waals surface area contributed by atoms with Gasteiger partial charge in [0, 0.05) is 13.1 Å². The highest BCUT2D eigenvalue weighted by Crippen LogP contribution is 2.11. The number of nitrogens with zero attached hydrogens (tertiary/aromatic N) is 2. The van der Waals surface area contributed by atoms with Crippen LogP contribution in [0.2, 0.25) is 0 Å². The summed E-state index contributed by atoms with van der Waals surface area (Å²) in [5.74, 6) is 0. The maximum Gasteiger partial charge on any atom is 0.262 e. The van der Waals surface area contributed by atoms with Gasteiger partial charge in [-0.3, -0.25) is 4.99 Å². The first-order valence-electron chi connectivity index (χ1n) is 3.29. The van der Waals surface area contributed by atoms with Gasteiger partial charge in [-0.15, -0.1) is 0 Å². The molecule has 0 bridgehead atoms. The van der Waals surface area contributed by atoms with E-state index in [-0.39, 0.29) is 0 Å². The second kappa shape index (κ2) is 2.94. The summed E-state index contributed by atoms with van der Waals surface area (Å²) in [6.45, 7) is 3.04. The van der Waals surface area contributed by atoms with Crippen LogP contribution in [0.1, 0.15) is 6.92 Å². The summed E-state index contributed by atoms with van der Waals surface area (Å²) >= 11 is 0. The fourth-order valence-electron chi connectivity index (χ4n) is 0.870. The van der Waals surface area contributed by atoms with E-state index in [0.29, 0.717) is 6.54 Å². The molecule has 0 aromatic rings. The molecule has 0 aromatic carbocycles. The fourth-order valence-corrected chi connectivity index (χ4v) is 0.870. The second-order valence-electron chi connectivity index (χ2n) is 2.25. The minimum atomic E-state index is -2.31. The van der Waals surface area contributed by atoms with Crippen LogP contribution in [0.15, 0.2) is 4.99 Å². The van der Waals surface area contributed by atoms with Crippen LogP contribution < -0.4 is 0 Å². The van der Waals surface area contributed by atoms with Crippen LogP contribution in [-0.2, 0) is 0 Å². The van der Waals surface area contributed by atoms with Crippen molar-refractivity contribution in [3.63, 3.8) is 0 Å². The third kappa shape index (κ3) is 1.43. The normalized spacial score (nSPS) is 24.8. The van der Waals surface area contributed by atoms with Gasteiger partial charge in [0.05, 0.1) is 6.34 Å². The lowest BCUT2D eigenvalue weighted by Gasteiger charge is -2.12. The SMILES string of the molecule is CCN1C=NC(C(F)F)C1. The van der Waals surface area contributed by atoms with Gasteiger partial charge in [0.25, 0.3) is 6.43 Å². The van der Waals surface area contributed by atoms with Crippen molar-refractivity contribution in [1.82, 2.24) is 4.90 Å². The van der Waals surface area contributed by atoms with E-state index in [1.807, 2.05) is 6.92 Å². The lowest BCUT2D eigenvalue weighted by Crippen LogP contribution is -2.26. The molecule has 0 amide bonds. The molecular weight excluding hydrogens is 138 g/mol. The van der Waals surface area contributed by atoms with Crippen LogP contribution in [-0.4, -0.2) is 36.8 Å². The zero-order chi connectivity index (χ0) is 7.56. The molecule has 58 valence electrons. The maximum absolute atomic E-state index is 11.9. The monoisotopic (exact) mass is 148 g/mol. The maximum atomic E-state index is 11.9. The number of hydrogen-bond acceptors (Lipinski definition) is 2. The van der Waals surface area contributed by atoms with Crippen LogP contribution in [0.3, 0.4) is 0 Å². The van der Waals surface area contributed by atoms with Crippen molar-refractivity contribution in [1.29, 1.82) is 0 Å². The molecular formula is C6H10F2N2. The zero-order valence-corrected chi connectivity index (χ0v) is 5.80. The summed E-state index contributed by atoms with van der Waals surface area (Å²) in [6, 6.07) is -0.792. The predicted octanol–water partition coefficient (Wildman–Crippen LogP) is 0.984. The molecule has 0 fully saturated rings. The highest BCUT2D eigenvalue weighted by atomic mass is 19.3. The van der Waals surface area contributed by atoms with Gasteiger partial charge in [0.2, 0.25) is 0 Å². The van der Waals surface area contributed by atoms with Crippen LogP contribution in [0, 0.1) is 0 Å². The fraction of sp³-hybridized carbons (Fsp3) is 0.833. The van der Waals surface area contributed by atoms with Crippen LogP contribution in [0.4, 0.5) is 8.78 Å². The van der Waals surface area contributed by atoms with E-state index in [9.17, 15) is 8.78 Å². The van der Waals surface area contributed by atoms with E-state index in [2.05, 4.69) is 4.99 Å². The van der Waals surface area contributed by atoms with Gasteiger partial charge < -0.3 is 4.90 Å². The quantitative estimate of drug-likeness (QED) is 0.570. The van der Waals surface area contributed by atoms with Crippen LogP contribution in [0.5, 0.6) is 0 Å². The predicted molar refractivity (Wildman–Crippen MR) is 35.5 cm³/mol. The van der Waals surface area contributed by atoms with Gasteiger partial charge in [0.15, 0.2) is 0 Å². The van der Waals surface area contributed by atoms with Crippen molar-refractivity contribution in [2.45, 2.75) is 19.4 Å². The standard InChI is InChI=1S/C6H10F2N2/c1-2-10-3-5(6(7)8)9-4-10/h4-6H,2-3H2,1H3.